The lowest BCUT2D eigenvalue weighted by molar-refractivity contribution is -0.287. The molecule has 21 atom stereocenters. The Bertz CT molecular complexity index is 1570. The Balaban J connectivity index is 1.40. The van der Waals surface area contributed by atoms with Crippen molar-refractivity contribution in [2.24, 2.45) is 57.7 Å². The number of carbonyl (C=O) groups excluding carboxylic acids is 4. The summed E-state index contributed by atoms with van der Waals surface area (Å²) in [4.78, 5) is 53.4. The normalized spacial score (nSPS) is 57.3. The van der Waals surface area contributed by atoms with Gasteiger partial charge in [-0.25, -0.2) is 4.79 Å². The lowest BCUT2D eigenvalue weighted by Gasteiger charge is -2.67. The second-order valence-electron chi connectivity index (χ2n) is 18.0. The van der Waals surface area contributed by atoms with Crippen LogP contribution in [0.4, 0.5) is 0 Å². The number of nitrogens with one attached hydrogen (secondary N) is 1. The summed E-state index contributed by atoms with van der Waals surface area (Å²) in [6, 6.07) is -0.487. The fourth-order valence-electron chi connectivity index (χ4n) is 13.7. The Morgan fingerprint density at radius 1 is 0.923 bits per heavy atom. The van der Waals surface area contributed by atoms with Crippen LogP contribution in [0, 0.1) is 57.7 Å². The molecule has 8 fully saturated rings. The molecule has 5 aliphatic carbocycles. The van der Waals surface area contributed by atoms with E-state index in [-0.39, 0.29) is 18.4 Å². The van der Waals surface area contributed by atoms with E-state index in [0.29, 0.717) is 13.0 Å². The van der Waals surface area contributed by atoms with Gasteiger partial charge in [0.05, 0.1) is 23.7 Å². The molecule has 52 heavy (non-hydrogen) atoms. The number of ether oxygens (including phenoxy) is 6. The number of rotatable bonds is 7. The predicted molar refractivity (Wildman–Crippen MR) is 177 cm³/mol. The summed E-state index contributed by atoms with van der Waals surface area (Å²) in [5.41, 5.74) is -5.77. The number of fused-ring (bicyclic) bond motifs is 9. The number of hydrogen-bond donors (Lipinski definition) is 4. The van der Waals surface area contributed by atoms with Crippen LogP contribution in [0.1, 0.15) is 81.6 Å². The number of aliphatic hydroxyl groups is 3. The average Bonchev–Trinajstić information content (AvgIpc) is 3.97. The Labute approximate surface area is 303 Å². The summed E-state index contributed by atoms with van der Waals surface area (Å²) in [5.74, 6) is -8.55. The molecule has 0 bridgehead atoms. The molecule has 8 rings (SSSR count). The molecule has 0 radical (unpaired) electrons. The Morgan fingerprint density at radius 3 is 2.21 bits per heavy atom. The number of epoxide rings is 2. The minimum absolute atomic E-state index is 0.0882. The van der Waals surface area contributed by atoms with E-state index in [4.69, 9.17) is 28.4 Å². The molecule has 0 amide bonds. The molecule has 3 aliphatic heterocycles. The first-order valence-electron chi connectivity index (χ1n) is 19.2. The summed E-state index contributed by atoms with van der Waals surface area (Å²) in [6.45, 7) is 15.9. The third-order valence-electron chi connectivity index (χ3n) is 15.9. The maximum Gasteiger partial charge on any atom is 0.341 e. The molecule has 8 aliphatic rings. The predicted octanol–water partition coefficient (Wildman–Crippen LogP) is 1.24. The van der Waals surface area contributed by atoms with E-state index in [2.05, 4.69) is 5.32 Å². The lowest BCUT2D eigenvalue weighted by Crippen LogP contribution is -2.77. The number of hydrogen-bond acceptors (Lipinski definition) is 14. The van der Waals surface area contributed by atoms with E-state index in [9.17, 15) is 34.5 Å². The third kappa shape index (κ3) is 4.17. The van der Waals surface area contributed by atoms with Crippen molar-refractivity contribution in [3.63, 3.8) is 0 Å². The molecule has 14 heteroatoms. The zero-order chi connectivity index (χ0) is 37.8. The van der Waals surface area contributed by atoms with Gasteiger partial charge in [0.25, 0.3) is 0 Å². The number of esters is 4. The van der Waals surface area contributed by atoms with E-state index < -0.39 is 136 Å². The maximum absolute atomic E-state index is 13.5. The van der Waals surface area contributed by atoms with Crippen molar-refractivity contribution in [3.05, 3.63) is 0 Å². The second kappa shape index (κ2) is 11.3. The highest BCUT2D eigenvalue weighted by Crippen LogP contribution is 2.81. The molecule has 5 saturated carbocycles. The summed E-state index contributed by atoms with van der Waals surface area (Å²) in [7, 11) is 0. The van der Waals surface area contributed by atoms with E-state index in [0.717, 1.165) is 6.42 Å². The van der Waals surface area contributed by atoms with Crippen LogP contribution in [0.25, 0.3) is 0 Å². The monoisotopic (exact) mass is 733 g/mol. The minimum atomic E-state index is -2.07. The van der Waals surface area contributed by atoms with Crippen molar-refractivity contribution in [2.45, 2.75) is 148 Å². The molecule has 0 aromatic rings. The molecule has 2 unspecified atom stereocenters. The molecule has 14 nitrogen and oxygen atoms in total. The first kappa shape index (κ1) is 36.6. The Morgan fingerprint density at radius 2 is 1.60 bits per heavy atom. The van der Waals surface area contributed by atoms with Gasteiger partial charge in [-0.3, -0.25) is 14.4 Å². The van der Waals surface area contributed by atoms with Gasteiger partial charge in [0.2, 0.25) is 5.79 Å². The van der Waals surface area contributed by atoms with Crippen molar-refractivity contribution in [3.8, 4) is 0 Å². The van der Waals surface area contributed by atoms with E-state index >= 15 is 0 Å². The van der Waals surface area contributed by atoms with Gasteiger partial charge in [0.15, 0.2) is 5.60 Å². The fraction of sp³-hybridized carbons (Fsp3) is 0.895. The molecule has 3 saturated heterocycles. The van der Waals surface area contributed by atoms with Gasteiger partial charge in [-0.1, -0.05) is 34.6 Å². The maximum atomic E-state index is 13.5. The quantitative estimate of drug-likeness (QED) is 0.165. The first-order valence-corrected chi connectivity index (χ1v) is 19.2. The summed E-state index contributed by atoms with van der Waals surface area (Å²) in [6.07, 6.45) is -5.35. The smallest absolute Gasteiger partial charge is 0.341 e. The number of aliphatic hydroxyl groups excluding tert-OH is 2. The minimum Gasteiger partial charge on any atom is -0.460 e. The van der Waals surface area contributed by atoms with Crippen LogP contribution in [-0.2, 0) is 47.6 Å². The van der Waals surface area contributed by atoms with Crippen LogP contribution in [0.3, 0.4) is 0 Å². The Hall–Kier alpha value is -2.36. The van der Waals surface area contributed by atoms with Crippen LogP contribution in [0.15, 0.2) is 0 Å². The van der Waals surface area contributed by atoms with Gasteiger partial charge in [-0.2, -0.15) is 0 Å². The van der Waals surface area contributed by atoms with Crippen LogP contribution >= 0.6 is 0 Å². The summed E-state index contributed by atoms with van der Waals surface area (Å²) < 4.78 is 37.4. The zero-order valence-electron chi connectivity index (χ0n) is 31.5. The molecule has 0 aromatic heterocycles. The van der Waals surface area contributed by atoms with Crippen LogP contribution < -0.4 is 5.32 Å². The van der Waals surface area contributed by atoms with Crippen molar-refractivity contribution in [1.29, 1.82) is 0 Å². The lowest BCUT2D eigenvalue weighted by atomic mass is 9.40. The molecular weight excluding hydrogens is 678 g/mol. The van der Waals surface area contributed by atoms with Crippen molar-refractivity contribution in [2.75, 3.05) is 6.54 Å². The van der Waals surface area contributed by atoms with Crippen molar-refractivity contribution in [1.82, 2.24) is 5.32 Å². The highest BCUT2D eigenvalue weighted by molar-refractivity contribution is 5.84. The van der Waals surface area contributed by atoms with Crippen molar-refractivity contribution >= 4 is 23.9 Å². The van der Waals surface area contributed by atoms with Gasteiger partial charge in [0.1, 0.15) is 30.5 Å². The van der Waals surface area contributed by atoms with E-state index in [1.807, 2.05) is 27.7 Å². The average molecular weight is 734 g/mol. The third-order valence-corrected chi connectivity index (χ3v) is 15.9. The fourth-order valence-corrected chi connectivity index (χ4v) is 13.7. The molecule has 290 valence electrons. The van der Waals surface area contributed by atoms with Crippen LogP contribution in [0.2, 0.25) is 0 Å². The molecule has 4 N–H and O–H groups in total. The van der Waals surface area contributed by atoms with E-state index in [1.165, 1.54) is 20.8 Å². The number of carbonyl (C=O) groups is 4. The topological polar surface area (TPSA) is 203 Å². The summed E-state index contributed by atoms with van der Waals surface area (Å²) >= 11 is 0. The first-order chi connectivity index (χ1) is 24.3. The van der Waals surface area contributed by atoms with Crippen LogP contribution in [0.5, 0.6) is 0 Å². The van der Waals surface area contributed by atoms with Gasteiger partial charge in [-0.05, 0) is 51.0 Å². The largest absolute Gasteiger partial charge is 0.460 e. The van der Waals surface area contributed by atoms with Crippen LogP contribution in [-0.4, -0.2) is 112 Å². The van der Waals surface area contributed by atoms with Gasteiger partial charge >= 0.3 is 23.9 Å². The SMILES string of the molecule is CCCN[C@H]1[C@H](OC(=O)CC)C2C([C@H](OC(C)=O)[C@H](OC(C)=O)[C@]3(C)[C@H]4[C@H](C)[C@H]5O[C@]56OC(=O)[C@@](C)(O)[C@]6(C)[C@@H]4[C@H](O)[C@@H]23)[C@]2(C)[C@@H]1C[C@@H]1O[C@@H]1[C@@H]2O. The highest BCUT2D eigenvalue weighted by Gasteiger charge is 2.93. The summed E-state index contributed by atoms with van der Waals surface area (Å²) in [5, 5.41) is 41.2. The van der Waals surface area contributed by atoms with Gasteiger partial charge < -0.3 is 49.1 Å². The van der Waals surface area contributed by atoms with Gasteiger partial charge in [-0.15, -0.1) is 0 Å². The van der Waals surface area contributed by atoms with Crippen molar-refractivity contribution < 1.29 is 62.9 Å². The molecule has 0 aromatic carbocycles. The highest BCUT2D eigenvalue weighted by atomic mass is 16.8. The second-order valence-corrected chi connectivity index (χ2v) is 18.0. The standard InChI is InChI=1S/C38H55NO13/c1-10-12-39-25-17-13-18-27(49-18)30(44)34(17,6)23-20(28(25)50-19(42)11-2)22-26(43)24-21(35(22,7)32(48-16(5)41)29(23)47-15(4)40)14(3)31-38(51-31)36(24,8)37(9,46)33(45)52-38/h14,17-18,20-32,39,43-44,46H,10-13H2,1-9H3/t14-,17+,18-,20?,21-,22+,23?,24-,25+,26+,27-,28+,29-,30-,31+,32-,34-,35+,36-,37+,38-/m0/s1. The zero-order valence-corrected chi connectivity index (χ0v) is 31.5. The molecule has 3 heterocycles. The van der Waals surface area contributed by atoms with Gasteiger partial charge in [0, 0.05) is 60.8 Å². The van der Waals surface area contributed by atoms with E-state index in [1.54, 1.807) is 13.8 Å². The molecular formula is C38H55NO13. The Kier molecular flexibility index (Phi) is 7.99. The molecule has 1 spiro atoms.